The first-order valence-electron chi connectivity index (χ1n) is 9.44. The average molecular weight is 401 g/mol. The molecule has 2 aromatic heterocycles. The van der Waals surface area contributed by atoms with Gasteiger partial charge in [-0.15, -0.1) is 11.3 Å². The Morgan fingerprint density at radius 2 is 1.79 bits per heavy atom. The molecule has 0 saturated heterocycles. The highest BCUT2D eigenvalue weighted by molar-refractivity contribution is 7.12. The Kier molecular flexibility index (Phi) is 5.77. The van der Waals surface area contributed by atoms with Gasteiger partial charge in [0.05, 0.1) is 16.4 Å². The molecule has 4 aromatic rings. The monoisotopic (exact) mass is 400 g/mol. The van der Waals surface area contributed by atoms with Crippen LogP contribution in [-0.2, 0) is 17.6 Å². The minimum Gasteiger partial charge on any atom is -0.341 e. The number of benzene rings is 2. The summed E-state index contributed by atoms with van der Waals surface area (Å²) in [6, 6.07) is 22.4. The maximum absolute atomic E-state index is 13.2. The molecule has 0 bridgehead atoms. The van der Waals surface area contributed by atoms with Crippen molar-refractivity contribution in [1.29, 1.82) is 0 Å². The number of amides is 1. The minimum atomic E-state index is -0.598. The summed E-state index contributed by atoms with van der Waals surface area (Å²) >= 11 is 1.37. The van der Waals surface area contributed by atoms with Crippen LogP contribution in [0, 0.1) is 0 Å². The van der Waals surface area contributed by atoms with Crippen molar-refractivity contribution in [2.45, 2.75) is 18.9 Å². The molecule has 0 aliphatic carbocycles. The van der Waals surface area contributed by atoms with Crippen LogP contribution in [0.2, 0.25) is 0 Å². The lowest BCUT2D eigenvalue weighted by Gasteiger charge is -2.18. The van der Waals surface area contributed by atoms with Gasteiger partial charge in [0.1, 0.15) is 0 Å². The van der Waals surface area contributed by atoms with Crippen molar-refractivity contribution < 1.29 is 9.59 Å². The average Bonchev–Trinajstić information content (AvgIpc) is 3.29. The first-order chi connectivity index (χ1) is 14.2. The third-order valence-electron chi connectivity index (χ3n) is 4.82. The zero-order valence-electron chi connectivity index (χ0n) is 15.7. The van der Waals surface area contributed by atoms with E-state index in [1.54, 1.807) is 12.3 Å². The summed E-state index contributed by atoms with van der Waals surface area (Å²) in [5.41, 5.74) is 2.79. The molecule has 4 rings (SSSR count). The van der Waals surface area contributed by atoms with Gasteiger partial charge in [-0.2, -0.15) is 0 Å². The molecule has 0 aliphatic rings. The molecule has 144 valence electrons. The lowest BCUT2D eigenvalue weighted by Crippen LogP contribution is -2.43. The molecule has 1 unspecified atom stereocenters. The number of fused-ring (bicyclic) bond motifs is 1. The smallest absolute Gasteiger partial charge is 0.261 e. The molecule has 2 heterocycles. The Hall–Kier alpha value is -3.31. The van der Waals surface area contributed by atoms with Crippen LogP contribution in [-0.4, -0.2) is 22.7 Å². The van der Waals surface area contributed by atoms with Crippen LogP contribution >= 0.6 is 11.3 Å². The first-order valence-corrected chi connectivity index (χ1v) is 10.3. The predicted octanol–water partition coefficient (Wildman–Crippen LogP) is 4.45. The SMILES string of the molecule is O=C(NC(Cc1ccccc1)C(=O)Cc1cccc2ncccc12)c1cccs1. The number of nitrogens with one attached hydrogen (secondary N) is 1. The van der Waals surface area contributed by atoms with Gasteiger partial charge in [0.15, 0.2) is 5.78 Å². The third kappa shape index (κ3) is 4.58. The van der Waals surface area contributed by atoms with E-state index >= 15 is 0 Å². The second kappa shape index (κ2) is 8.80. The van der Waals surface area contributed by atoms with Crippen LogP contribution in [0.5, 0.6) is 0 Å². The Morgan fingerprint density at radius 1 is 0.931 bits per heavy atom. The number of aromatic nitrogens is 1. The summed E-state index contributed by atoms with van der Waals surface area (Å²) in [7, 11) is 0. The number of pyridine rings is 1. The molecule has 29 heavy (non-hydrogen) atoms. The Morgan fingerprint density at radius 3 is 2.59 bits per heavy atom. The van der Waals surface area contributed by atoms with Gasteiger partial charge in [-0.3, -0.25) is 14.6 Å². The van der Waals surface area contributed by atoms with Crippen molar-refractivity contribution in [1.82, 2.24) is 10.3 Å². The zero-order valence-corrected chi connectivity index (χ0v) is 16.6. The van der Waals surface area contributed by atoms with E-state index < -0.39 is 6.04 Å². The highest BCUT2D eigenvalue weighted by atomic mass is 32.1. The number of hydrogen-bond acceptors (Lipinski definition) is 4. The third-order valence-corrected chi connectivity index (χ3v) is 5.69. The van der Waals surface area contributed by atoms with E-state index in [0.717, 1.165) is 22.0 Å². The number of ketones is 1. The summed E-state index contributed by atoms with van der Waals surface area (Å²) in [4.78, 5) is 30.8. The van der Waals surface area contributed by atoms with Crippen LogP contribution in [0.25, 0.3) is 10.9 Å². The lowest BCUT2D eigenvalue weighted by molar-refractivity contribution is -0.120. The molecule has 1 N–H and O–H groups in total. The Balaban J connectivity index is 1.58. The van der Waals surface area contributed by atoms with Crippen LogP contribution in [0.3, 0.4) is 0 Å². The van der Waals surface area contributed by atoms with Gasteiger partial charge in [0.25, 0.3) is 5.91 Å². The number of nitrogens with zero attached hydrogens (tertiary/aromatic N) is 1. The number of carbonyl (C=O) groups is 2. The molecular weight excluding hydrogens is 380 g/mol. The normalized spacial score (nSPS) is 11.9. The molecule has 0 aliphatic heterocycles. The Labute approximate surface area is 173 Å². The molecule has 1 atom stereocenters. The molecule has 0 fully saturated rings. The number of Topliss-reactive ketones (excluding diaryl/α,β-unsaturated/α-hetero) is 1. The van der Waals surface area contributed by atoms with Crippen molar-refractivity contribution in [3.63, 3.8) is 0 Å². The van der Waals surface area contributed by atoms with E-state index in [1.165, 1.54) is 11.3 Å². The van der Waals surface area contributed by atoms with Crippen LogP contribution in [0.4, 0.5) is 0 Å². The minimum absolute atomic E-state index is 0.0184. The fraction of sp³-hybridized carbons (Fsp3) is 0.125. The van der Waals surface area contributed by atoms with E-state index in [0.29, 0.717) is 11.3 Å². The molecule has 2 aromatic carbocycles. The number of hydrogen-bond donors (Lipinski definition) is 1. The second-order valence-corrected chi connectivity index (χ2v) is 7.77. The van der Waals surface area contributed by atoms with Gasteiger partial charge in [0.2, 0.25) is 0 Å². The molecule has 1 amide bonds. The topological polar surface area (TPSA) is 59.1 Å². The van der Waals surface area contributed by atoms with Crippen LogP contribution in [0.15, 0.2) is 84.4 Å². The fourth-order valence-corrected chi connectivity index (χ4v) is 3.99. The quantitative estimate of drug-likeness (QED) is 0.499. The summed E-state index contributed by atoms with van der Waals surface area (Å²) in [5, 5.41) is 5.76. The second-order valence-electron chi connectivity index (χ2n) is 6.82. The Bertz CT molecular complexity index is 1120. The van der Waals surface area contributed by atoms with Gasteiger partial charge in [-0.25, -0.2) is 0 Å². The molecule has 5 heteroatoms. The summed E-state index contributed by atoms with van der Waals surface area (Å²) in [5.74, 6) is -0.232. The van der Waals surface area contributed by atoms with Gasteiger partial charge < -0.3 is 5.32 Å². The summed E-state index contributed by atoms with van der Waals surface area (Å²) in [6.45, 7) is 0. The van der Waals surface area contributed by atoms with Crippen molar-refractivity contribution in [2.75, 3.05) is 0 Å². The summed E-state index contributed by atoms with van der Waals surface area (Å²) < 4.78 is 0. The fourth-order valence-electron chi connectivity index (χ4n) is 3.36. The zero-order chi connectivity index (χ0) is 20.1. The van der Waals surface area contributed by atoms with E-state index in [1.807, 2.05) is 72.1 Å². The molecule has 0 saturated carbocycles. The van der Waals surface area contributed by atoms with E-state index in [4.69, 9.17) is 0 Å². The number of thiophene rings is 1. The predicted molar refractivity (Wildman–Crippen MR) is 116 cm³/mol. The van der Waals surface area contributed by atoms with Crippen LogP contribution in [0.1, 0.15) is 20.8 Å². The van der Waals surface area contributed by atoms with Crippen molar-refractivity contribution in [3.8, 4) is 0 Å². The van der Waals surface area contributed by atoms with Crippen molar-refractivity contribution in [2.24, 2.45) is 0 Å². The van der Waals surface area contributed by atoms with E-state index in [-0.39, 0.29) is 18.1 Å². The van der Waals surface area contributed by atoms with Gasteiger partial charge in [-0.05, 0) is 41.1 Å². The molecule has 4 nitrogen and oxygen atoms in total. The standard InChI is InChI=1S/C24H20N2O2S/c27-22(16-18-9-4-11-20-19(18)10-5-13-25-20)21(15-17-7-2-1-3-8-17)26-24(28)23-12-6-14-29-23/h1-14,21H,15-16H2,(H,26,28). The summed E-state index contributed by atoms with van der Waals surface area (Å²) in [6.07, 6.45) is 2.44. The maximum atomic E-state index is 13.2. The number of rotatable bonds is 7. The first kappa shape index (κ1) is 19.0. The molecule has 0 radical (unpaired) electrons. The highest BCUT2D eigenvalue weighted by Crippen LogP contribution is 2.18. The van der Waals surface area contributed by atoms with Crippen molar-refractivity contribution >= 4 is 33.9 Å². The molecule has 0 spiro atoms. The van der Waals surface area contributed by atoms with Gasteiger partial charge in [-0.1, -0.05) is 54.6 Å². The maximum Gasteiger partial charge on any atom is 0.261 e. The van der Waals surface area contributed by atoms with Crippen LogP contribution < -0.4 is 5.32 Å². The van der Waals surface area contributed by atoms with Crippen molar-refractivity contribution in [3.05, 3.63) is 100 Å². The number of carbonyl (C=O) groups excluding carboxylic acids is 2. The van der Waals surface area contributed by atoms with Gasteiger partial charge in [0, 0.05) is 18.0 Å². The highest BCUT2D eigenvalue weighted by Gasteiger charge is 2.23. The van der Waals surface area contributed by atoms with E-state index in [9.17, 15) is 9.59 Å². The largest absolute Gasteiger partial charge is 0.341 e. The van der Waals surface area contributed by atoms with Gasteiger partial charge >= 0.3 is 0 Å². The lowest BCUT2D eigenvalue weighted by atomic mass is 9.96. The van der Waals surface area contributed by atoms with E-state index in [2.05, 4.69) is 10.3 Å². The molecular formula is C24H20N2O2S.